The lowest BCUT2D eigenvalue weighted by molar-refractivity contribution is -0.385. The summed E-state index contributed by atoms with van der Waals surface area (Å²) in [5.41, 5.74) is -0.253. The molecule has 1 atom stereocenters. The first-order valence-electron chi connectivity index (χ1n) is 6.53. The van der Waals surface area contributed by atoms with Crippen molar-refractivity contribution in [2.24, 2.45) is 10.2 Å². The molecule has 1 heterocycles. The van der Waals surface area contributed by atoms with Crippen LogP contribution in [-0.2, 0) is 9.59 Å². The van der Waals surface area contributed by atoms with E-state index in [1.165, 1.54) is 6.92 Å². The fourth-order valence-corrected chi connectivity index (χ4v) is 2.84. The van der Waals surface area contributed by atoms with Crippen LogP contribution in [0.2, 0.25) is 0 Å². The number of nitrogens with zero attached hydrogens (tertiary/aromatic N) is 3. The number of aliphatic carboxylic acids is 1. The van der Waals surface area contributed by atoms with E-state index < -0.39 is 27.9 Å². The van der Waals surface area contributed by atoms with Gasteiger partial charge in [-0.25, -0.2) is 4.39 Å². The molecule has 0 saturated carbocycles. The van der Waals surface area contributed by atoms with Crippen molar-refractivity contribution in [1.29, 1.82) is 0 Å². The zero-order chi connectivity index (χ0) is 17.9. The Hall–Kier alpha value is -2.82. The summed E-state index contributed by atoms with van der Waals surface area (Å²) in [5.74, 6) is -2.33. The topological polar surface area (TPSA) is 134 Å². The summed E-state index contributed by atoms with van der Waals surface area (Å²) >= 11 is 0.891. The highest BCUT2D eigenvalue weighted by atomic mass is 32.2. The van der Waals surface area contributed by atoms with Gasteiger partial charge in [0, 0.05) is 17.2 Å². The van der Waals surface area contributed by atoms with Crippen molar-refractivity contribution >= 4 is 40.7 Å². The third-order valence-corrected chi connectivity index (χ3v) is 4.17. The number of carbonyl (C=O) groups is 2. The number of nitro groups is 1. The van der Waals surface area contributed by atoms with Gasteiger partial charge >= 0.3 is 5.97 Å². The molecular formula is C13H11FN4O5S. The van der Waals surface area contributed by atoms with Crippen LogP contribution in [0.1, 0.15) is 17.5 Å². The van der Waals surface area contributed by atoms with Crippen molar-refractivity contribution in [3.05, 3.63) is 39.2 Å². The van der Waals surface area contributed by atoms with Gasteiger partial charge in [-0.1, -0.05) is 11.8 Å². The second-order valence-electron chi connectivity index (χ2n) is 4.71. The highest BCUT2D eigenvalue weighted by molar-refractivity contribution is 8.15. The van der Waals surface area contributed by atoms with Crippen LogP contribution in [-0.4, -0.2) is 38.5 Å². The number of thioether (sulfide) groups is 1. The maximum Gasteiger partial charge on any atom is 0.305 e. The number of amides is 1. The van der Waals surface area contributed by atoms with Gasteiger partial charge in [0.25, 0.3) is 5.69 Å². The molecular weight excluding hydrogens is 343 g/mol. The van der Waals surface area contributed by atoms with Crippen LogP contribution in [0.25, 0.3) is 0 Å². The Balaban J connectivity index is 2.18. The molecule has 11 heteroatoms. The number of carbonyl (C=O) groups excluding carboxylic acids is 1. The highest BCUT2D eigenvalue weighted by Gasteiger charge is 2.32. The molecule has 0 spiro atoms. The average molecular weight is 354 g/mol. The Bertz CT molecular complexity index is 780. The minimum Gasteiger partial charge on any atom is -0.481 e. The lowest BCUT2D eigenvalue weighted by atomic mass is 10.1. The van der Waals surface area contributed by atoms with E-state index in [9.17, 15) is 24.1 Å². The number of hydrogen-bond donors (Lipinski definition) is 2. The smallest absolute Gasteiger partial charge is 0.305 e. The van der Waals surface area contributed by atoms with Crippen LogP contribution in [0, 0.1) is 22.9 Å². The molecule has 126 valence electrons. The van der Waals surface area contributed by atoms with Gasteiger partial charge in [0.2, 0.25) is 5.91 Å². The van der Waals surface area contributed by atoms with E-state index in [0.717, 1.165) is 30.1 Å². The van der Waals surface area contributed by atoms with Crippen molar-refractivity contribution in [3.8, 4) is 0 Å². The van der Waals surface area contributed by atoms with Gasteiger partial charge in [0.15, 0.2) is 5.17 Å². The molecule has 1 aliphatic heterocycles. The first-order chi connectivity index (χ1) is 11.3. The fourth-order valence-electron chi connectivity index (χ4n) is 1.92. The quantitative estimate of drug-likeness (QED) is 0.467. The van der Waals surface area contributed by atoms with Crippen molar-refractivity contribution in [1.82, 2.24) is 5.32 Å². The van der Waals surface area contributed by atoms with Crippen LogP contribution >= 0.6 is 11.8 Å². The Morgan fingerprint density at radius 1 is 1.58 bits per heavy atom. The number of carboxylic acid groups (broad SMARTS) is 1. The number of halogens is 1. The predicted molar refractivity (Wildman–Crippen MR) is 84.6 cm³/mol. The molecule has 2 rings (SSSR count). The maximum absolute atomic E-state index is 13.8. The molecule has 0 aromatic heterocycles. The number of amidine groups is 1. The summed E-state index contributed by atoms with van der Waals surface area (Å²) in [5, 5.41) is 28.4. The van der Waals surface area contributed by atoms with Gasteiger partial charge in [-0.3, -0.25) is 19.7 Å². The summed E-state index contributed by atoms with van der Waals surface area (Å²) < 4.78 is 13.8. The SMILES string of the molecule is Cc1c([N+](=O)[O-])ccc(F)c1C=NN=C1NC(=O)C(CC(=O)O)S1. The maximum atomic E-state index is 13.8. The first-order valence-corrected chi connectivity index (χ1v) is 7.41. The van der Waals surface area contributed by atoms with Crippen molar-refractivity contribution in [2.75, 3.05) is 0 Å². The second-order valence-corrected chi connectivity index (χ2v) is 5.90. The number of hydrogen-bond acceptors (Lipinski definition) is 7. The van der Waals surface area contributed by atoms with Gasteiger partial charge < -0.3 is 10.4 Å². The lowest BCUT2D eigenvalue weighted by Gasteiger charge is -2.02. The van der Waals surface area contributed by atoms with Gasteiger partial charge in [-0.15, -0.1) is 5.10 Å². The van der Waals surface area contributed by atoms with E-state index in [0.29, 0.717) is 0 Å². The third-order valence-electron chi connectivity index (χ3n) is 3.10. The number of benzene rings is 1. The zero-order valence-electron chi connectivity index (χ0n) is 12.2. The van der Waals surface area contributed by atoms with Crippen LogP contribution < -0.4 is 5.32 Å². The molecule has 1 saturated heterocycles. The van der Waals surface area contributed by atoms with E-state index in [2.05, 4.69) is 15.5 Å². The van der Waals surface area contributed by atoms with Crippen molar-refractivity contribution < 1.29 is 24.0 Å². The first kappa shape index (κ1) is 17.5. The molecule has 0 radical (unpaired) electrons. The van der Waals surface area contributed by atoms with Gasteiger partial charge in [0.05, 0.1) is 17.6 Å². The Morgan fingerprint density at radius 3 is 2.92 bits per heavy atom. The monoisotopic (exact) mass is 354 g/mol. The largest absolute Gasteiger partial charge is 0.481 e. The van der Waals surface area contributed by atoms with Gasteiger partial charge in [0.1, 0.15) is 11.1 Å². The minimum atomic E-state index is -1.12. The van der Waals surface area contributed by atoms with Crippen LogP contribution in [0.4, 0.5) is 10.1 Å². The molecule has 1 unspecified atom stereocenters. The number of carboxylic acids is 1. The molecule has 24 heavy (non-hydrogen) atoms. The molecule has 1 aliphatic rings. The van der Waals surface area contributed by atoms with Crippen LogP contribution in [0.5, 0.6) is 0 Å². The Labute approximate surface area is 138 Å². The van der Waals surface area contributed by atoms with E-state index >= 15 is 0 Å². The summed E-state index contributed by atoms with van der Waals surface area (Å²) in [6.07, 6.45) is 0.639. The lowest BCUT2D eigenvalue weighted by Crippen LogP contribution is -2.26. The molecule has 1 aromatic rings. The summed E-state index contributed by atoms with van der Waals surface area (Å²) in [6, 6.07) is 2.01. The molecule has 1 amide bonds. The van der Waals surface area contributed by atoms with Crippen molar-refractivity contribution in [2.45, 2.75) is 18.6 Å². The zero-order valence-corrected chi connectivity index (χ0v) is 13.0. The van der Waals surface area contributed by atoms with E-state index in [4.69, 9.17) is 5.11 Å². The standard InChI is InChI=1S/C13H11FN4O5S/c1-6-7(8(14)2-3-9(6)18(22)23)5-15-17-13-16-12(21)10(24-13)4-11(19)20/h2-3,5,10H,4H2,1H3,(H,19,20)(H,16,17,21). The number of nitro benzene ring substituents is 1. The highest BCUT2D eigenvalue weighted by Crippen LogP contribution is 2.24. The van der Waals surface area contributed by atoms with Gasteiger partial charge in [-0.05, 0) is 13.0 Å². The Kier molecular flexibility index (Phi) is 5.24. The second kappa shape index (κ2) is 7.17. The average Bonchev–Trinajstić information content (AvgIpc) is 2.81. The minimum absolute atomic E-state index is 0.0750. The van der Waals surface area contributed by atoms with Crippen LogP contribution in [0.3, 0.4) is 0 Å². The van der Waals surface area contributed by atoms with Crippen LogP contribution in [0.15, 0.2) is 22.3 Å². The van der Waals surface area contributed by atoms with E-state index in [1.807, 2.05) is 0 Å². The molecule has 2 N–H and O–H groups in total. The number of nitrogens with one attached hydrogen (secondary N) is 1. The summed E-state index contributed by atoms with van der Waals surface area (Å²) in [7, 11) is 0. The molecule has 1 fully saturated rings. The summed E-state index contributed by atoms with van der Waals surface area (Å²) in [4.78, 5) is 32.3. The van der Waals surface area contributed by atoms with Gasteiger partial charge in [-0.2, -0.15) is 5.10 Å². The fraction of sp³-hybridized carbons (Fsp3) is 0.231. The molecule has 1 aromatic carbocycles. The normalized spacial score (nSPS) is 19.0. The predicted octanol–water partition coefficient (Wildman–Crippen LogP) is 1.44. The van der Waals surface area contributed by atoms with E-state index in [1.54, 1.807) is 0 Å². The molecule has 9 nitrogen and oxygen atoms in total. The van der Waals surface area contributed by atoms with Crippen molar-refractivity contribution in [3.63, 3.8) is 0 Å². The Morgan fingerprint density at radius 2 is 2.29 bits per heavy atom. The molecule has 0 aliphatic carbocycles. The summed E-state index contributed by atoms with van der Waals surface area (Å²) in [6.45, 7) is 1.38. The van der Waals surface area contributed by atoms with E-state index in [-0.39, 0.29) is 28.4 Å². The number of rotatable bonds is 5. The third kappa shape index (κ3) is 3.93. The molecule has 0 bridgehead atoms.